The monoisotopic (exact) mass is 136 g/mol. The van der Waals surface area contributed by atoms with Crippen molar-refractivity contribution in [2.24, 2.45) is 5.41 Å². The van der Waals surface area contributed by atoms with Gasteiger partial charge in [-0.15, -0.1) is 0 Å². The van der Waals surface area contributed by atoms with E-state index in [-0.39, 0.29) is 0 Å². The summed E-state index contributed by atoms with van der Waals surface area (Å²) in [6.45, 7) is 0. The molecule has 0 amide bonds. The minimum atomic E-state index is -0.680. The van der Waals surface area contributed by atoms with E-state index in [0.29, 0.717) is 0 Å². The Bertz CT molecular complexity index is 240. The van der Waals surface area contributed by atoms with E-state index >= 15 is 0 Å². The SMILES string of the molecule is O=C(O)C12C=CC=C(C1)C2. The second-order valence-corrected chi connectivity index (χ2v) is 3.00. The van der Waals surface area contributed by atoms with E-state index in [1.54, 1.807) is 6.08 Å². The lowest BCUT2D eigenvalue weighted by molar-refractivity contribution is -0.148. The number of allylic oxidation sites excluding steroid dienone is 3. The van der Waals surface area contributed by atoms with Crippen LogP contribution in [-0.2, 0) is 4.79 Å². The van der Waals surface area contributed by atoms with Crippen molar-refractivity contribution < 1.29 is 9.90 Å². The van der Waals surface area contributed by atoms with Crippen LogP contribution in [0.2, 0.25) is 0 Å². The highest BCUT2D eigenvalue weighted by molar-refractivity contribution is 5.81. The van der Waals surface area contributed by atoms with Gasteiger partial charge in [-0.2, -0.15) is 0 Å². The van der Waals surface area contributed by atoms with Gasteiger partial charge in [0.05, 0.1) is 5.41 Å². The van der Waals surface area contributed by atoms with Gasteiger partial charge >= 0.3 is 5.97 Å². The number of carboxylic acids is 1. The maximum atomic E-state index is 10.6. The van der Waals surface area contributed by atoms with Crippen molar-refractivity contribution in [1.29, 1.82) is 0 Å². The lowest BCUT2D eigenvalue weighted by Gasteiger charge is -2.39. The molecular weight excluding hydrogens is 128 g/mol. The van der Waals surface area contributed by atoms with Crippen molar-refractivity contribution in [2.45, 2.75) is 12.8 Å². The van der Waals surface area contributed by atoms with Gasteiger partial charge in [0, 0.05) is 0 Å². The Hall–Kier alpha value is -1.05. The van der Waals surface area contributed by atoms with Crippen LogP contribution in [0.3, 0.4) is 0 Å². The normalized spacial score (nSPS) is 25.0. The Morgan fingerprint density at radius 1 is 1.60 bits per heavy atom. The predicted octanol–water partition coefficient (Wildman–Crippen LogP) is 1.35. The Balaban J connectivity index is 2.32. The first-order valence-electron chi connectivity index (χ1n) is 3.34. The van der Waals surface area contributed by atoms with Crippen molar-refractivity contribution in [1.82, 2.24) is 0 Å². The average molecular weight is 136 g/mol. The van der Waals surface area contributed by atoms with Crippen LogP contribution < -0.4 is 0 Å². The average Bonchev–Trinajstić information content (AvgIpc) is 1.87. The fraction of sp³-hybridized carbons (Fsp3) is 0.375. The summed E-state index contributed by atoms with van der Waals surface area (Å²) in [4.78, 5) is 10.6. The third-order valence-corrected chi connectivity index (χ3v) is 2.26. The Kier molecular flexibility index (Phi) is 0.862. The molecule has 0 aromatic rings. The zero-order chi connectivity index (χ0) is 7.19. The van der Waals surface area contributed by atoms with E-state index in [2.05, 4.69) is 0 Å². The van der Waals surface area contributed by atoms with Crippen molar-refractivity contribution >= 4 is 5.97 Å². The van der Waals surface area contributed by atoms with E-state index in [9.17, 15) is 4.79 Å². The molecule has 10 heavy (non-hydrogen) atoms. The zero-order valence-corrected chi connectivity index (χ0v) is 5.50. The highest BCUT2D eigenvalue weighted by Gasteiger charge is 2.46. The summed E-state index contributed by atoms with van der Waals surface area (Å²) in [7, 11) is 0. The quantitative estimate of drug-likeness (QED) is 0.590. The van der Waals surface area contributed by atoms with Crippen molar-refractivity contribution in [2.75, 3.05) is 0 Å². The predicted molar refractivity (Wildman–Crippen MR) is 36.5 cm³/mol. The number of aliphatic carboxylic acids is 1. The molecule has 1 fully saturated rings. The molecule has 2 bridgehead atoms. The topological polar surface area (TPSA) is 37.3 Å². The smallest absolute Gasteiger partial charge is 0.314 e. The van der Waals surface area contributed by atoms with Crippen molar-refractivity contribution in [3.05, 3.63) is 23.8 Å². The molecular formula is C8H8O2. The largest absolute Gasteiger partial charge is 0.481 e. The maximum Gasteiger partial charge on any atom is 0.314 e. The summed E-state index contributed by atoms with van der Waals surface area (Å²) in [5.74, 6) is -0.680. The number of hydrogen-bond acceptors (Lipinski definition) is 1. The number of carboxylic acid groups (broad SMARTS) is 1. The van der Waals surface area contributed by atoms with Crippen LogP contribution in [0.1, 0.15) is 12.8 Å². The van der Waals surface area contributed by atoms with Gasteiger partial charge in [-0.1, -0.05) is 23.8 Å². The zero-order valence-electron chi connectivity index (χ0n) is 5.50. The van der Waals surface area contributed by atoms with Gasteiger partial charge in [-0.3, -0.25) is 4.79 Å². The Morgan fingerprint density at radius 2 is 2.30 bits per heavy atom. The van der Waals surface area contributed by atoms with Crippen LogP contribution in [0.5, 0.6) is 0 Å². The van der Waals surface area contributed by atoms with E-state index < -0.39 is 11.4 Å². The summed E-state index contributed by atoms with van der Waals surface area (Å²) >= 11 is 0. The third-order valence-electron chi connectivity index (χ3n) is 2.26. The van der Waals surface area contributed by atoms with Crippen molar-refractivity contribution in [3.8, 4) is 0 Å². The van der Waals surface area contributed by atoms with Crippen LogP contribution in [-0.4, -0.2) is 11.1 Å². The number of hydrogen-bond donors (Lipinski definition) is 1. The standard InChI is InChI=1S/C8H8O2/c9-7(10)8-3-1-2-6(4-8)5-8/h1-3H,4-5H2,(H,9,10). The van der Waals surface area contributed by atoms with E-state index in [4.69, 9.17) is 5.11 Å². The fourth-order valence-corrected chi connectivity index (χ4v) is 1.59. The van der Waals surface area contributed by atoms with Crippen LogP contribution in [0, 0.1) is 5.41 Å². The highest BCUT2D eigenvalue weighted by atomic mass is 16.4. The highest BCUT2D eigenvalue weighted by Crippen LogP contribution is 2.49. The summed E-state index contributed by atoms with van der Waals surface area (Å²) in [6, 6.07) is 0. The first kappa shape index (κ1) is 5.71. The molecule has 2 heteroatoms. The molecule has 0 aliphatic heterocycles. The minimum Gasteiger partial charge on any atom is -0.481 e. The van der Waals surface area contributed by atoms with Crippen LogP contribution in [0.4, 0.5) is 0 Å². The van der Waals surface area contributed by atoms with Gasteiger partial charge < -0.3 is 5.11 Å². The molecule has 0 aromatic carbocycles. The first-order chi connectivity index (χ1) is 4.73. The summed E-state index contributed by atoms with van der Waals surface area (Å²) < 4.78 is 0. The summed E-state index contributed by atoms with van der Waals surface area (Å²) in [5.41, 5.74) is 0.759. The molecule has 0 radical (unpaired) electrons. The molecule has 2 nitrogen and oxygen atoms in total. The molecule has 3 aliphatic rings. The number of rotatable bonds is 1. The number of fused-ring (bicyclic) bond motifs is 1. The molecule has 0 spiro atoms. The van der Waals surface area contributed by atoms with Gasteiger partial charge in [0.25, 0.3) is 0 Å². The molecule has 0 saturated heterocycles. The summed E-state index contributed by atoms with van der Waals surface area (Å²) in [6.07, 6.45) is 7.11. The molecule has 0 atom stereocenters. The van der Waals surface area contributed by atoms with Gasteiger partial charge in [0.2, 0.25) is 0 Å². The van der Waals surface area contributed by atoms with E-state index in [1.165, 1.54) is 5.57 Å². The van der Waals surface area contributed by atoms with E-state index in [0.717, 1.165) is 12.8 Å². The molecule has 3 rings (SSSR count). The van der Waals surface area contributed by atoms with Crippen LogP contribution in [0.25, 0.3) is 0 Å². The van der Waals surface area contributed by atoms with Gasteiger partial charge in [-0.05, 0) is 12.8 Å². The molecule has 52 valence electrons. The molecule has 1 saturated carbocycles. The molecule has 3 aliphatic carbocycles. The molecule has 0 heterocycles. The summed E-state index contributed by atoms with van der Waals surface area (Å²) in [5, 5.41) is 8.76. The maximum absolute atomic E-state index is 10.6. The lowest BCUT2D eigenvalue weighted by atomic mass is 9.63. The lowest BCUT2D eigenvalue weighted by Crippen LogP contribution is -2.39. The fourth-order valence-electron chi connectivity index (χ4n) is 1.59. The second kappa shape index (κ2) is 1.51. The van der Waals surface area contributed by atoms with Gasteiger partial charge in [0.1, 0.15) is 0 Å². The van der Waals surface area contributed by atoms with Crippen LogP contribution in [0.15, 0.2) is 23.8 Å². The second-order valence-electron chi connectivity index (χ2n) is 3.00. The van der Waals surface area contributed by atoms with Crippen molar-refractivity contribution in [3.63, 3.8) is 0 Å². The minimum absolute atomic E-state index is 0.510. The molecule has 0 aromatic heterocycles. The van der Waals surface area contributed by atoms with E-state index in [1.807, 2.05) is 12.2 Å². The third kappa shape index (κ3) is 0.511. The van der Waals surface area contributed by atoms with Gasteiger partial charge in [-0.25, -0.2) is 0 Å². The Labute approximate surface area is 58.9 Å². The molecule has 0 unspecified atom stereocenters. The van der Waals surface area contributed by atoms with Gasteiger partial charge in [0.15, 0.2) is 0 Å². The molecule has 1 N–H and O–H groups in total. The number of carbonyl (C=O) groups is 1. The van der Waals surface area contributed by atoms with Crippen LogP contribution >= 0.6 is 0 Å². The first-order valence-corrected chi connectivity index (χ1v) is 3.34. The Morgan fingerprint density at radius 3 is 2.60 bits per heavy atom.